The molecule has 0 aromatic rings. The van der Waals surface area contributed by atoms with E-state index in [1.807, 2.05) is 6.92 Å². The summed E-state index contributed by atoms with van der Waals surface area (Å²) in [6.45, 7) is 3.83. The molecule has 90 valence electrons. The van der Waals surface area contributed by atoms with Gasteiger partial charge in [-0.3, -0.25) is 4.21 Å². The second-order valence-electron chi connectivity index (χ2n) is 3.37. The smallest absolute Gasteiger partial charge is 0.338 e. The van der Waals surface area contributed by atoms with Crippen LogP contribution < -0.4 is 5.32 Å². The van der Waals surface area contributed by atoms with Gasteiger partial charge in [0.15, 0.2) is 5.60 Å². The lowest BCUT2D eigenvalue weighted by atomic mass is 10.1. The van der Waals surface area contributed by atoms with E-state index < -0.39 is 22.4 Å². The van der Waals surface area contributed by atoms with Crippen LogP contribution in [0.4, 0.5) is 0 Å². The zero-order chi connectivity index (χ0) is 11.9. The highest BCUT2D eigenvalue weighted by Crippen LogP contribution is 2.03. The van der Waals surface area contributed by atoms with Crippen LogP contribution in [0, 0.1) is 0 Å². The predicted molar refractivity (Wildman–Crippen MR) is 59.1 cm³/mol. The first kappa shape index (κ1) is 14.5. The molecule has 0 aromatic carbocycles. The maximum atomic E-state index is 11.0. The standard InChI is InChI=1S/C9H19NO4S/c1-4-15(13)6-5-10-7-9(2,12)8(11)14-3/h10,12H,4-7H2,1-3H3. The van der Waals surface area contributed by atoms with Gasteiger partial charge >= 0.3 is 5.97 Å². The maximum Gasteiger partial charge on any atom is 0.338 e. The fraction of sp³-hybridized carbons (Fsp3) is 0.889. The van der Waals surface area contributed by atoms with E-state index in [-0.39, 0.29) is 6.54 Å². The average molecular weight is 237 g/mol. The zero-order valence-electron chi connectivity index (χ0n) is 9.41. The molecule has 0 radical (unpaired) electrons. The second-order valence-corrected chi connectivity index (χ2v) is 5.24. The maximum absolute atomic E-state index is 11.0. The van der Waals surface area contributed by atoms with E-state index in [9.17, 15) is 14.1 Å². The Morgan fingerprint density at radius 2 is 2.20 bits per heavy atom. The normalized spacial score (nSPS) is 16.8. The molecule has 0 amide bonds. The molecule has 0 aromatic heterocycles. The Labute approximate surface area is 92.7 Å². The fourth-order valence-corrected chi connectivity index (χ4v) is 1.61. The highest BCUT2D eigenvalue weighted by Gasteiger charge is 2.30. The molecule has 2 unspecified atom stereocenters. The van der Waals surface area contributed by atoms with Crippen LogP contribution in [0.3, 0.4) is 0 Å². The zero-order valence-corrected chi connectivity index (χ0v) is 10.2. The van der Waals surface area contributed by atoms with Gasteiger partial charge in [0.1, 0.15) is 0 Å². The van der Waals surface area contributed by atoms with E-state index >= 15 is 0 Å². The fourth-order valence-electron chi connectivity index (χ4n) is 0.954. The van der Waals surface area contributed by atoms with Crippen molar-refractivity contribution >= 4 is 16.8 Å². The number of ether oxygens (including phenoxy) is 1. The van der Waals surface area contributed by atoms with Crippen LogP contribution >= 0.6 is 0 Å². The summed E-state index contributed by atoms with van der Waals surface area (Å²) >= 11 is 0. The Morgan fingerprint density at radius 3 is 2.67 bits per heavy atom. The summed E-state index contributed by atoms with van der Waals surface area (Å²) in [6.07, 6.45) is 0. The Hall–Kier alpha value is -0.460. The topological polar surface area (TPSA) is 75.6 Å². The first-order chi connectivity index (χ1) is 6.94. The molecule has 0 saturated carbocycles. The number of hydrogen-bond acceptors (Lipinski definition) is 5. The molecule has 5 nitrogen and oxygen atoms in total. The van der Waals surface area contributed by atoms with Crippen LogP contribution in [0.5, 0.6) is 0 Å². The minimum Gasteiger partial charge on any atom is -0.467 e. The lowest BCUT2D eigenvalue weighted by Gasteiger charge is -2.20. The highest BCUT2D eigenvalue weighted by atomic mass is 32.2. The molecule has 0 aliphatic heterocycles. The third-order valence-corrected chi connectivity index (χ3v) is 3.23. The van der Waals surface area contributed by atoms with Crippen molar-refractivity contribution in [3.63, 3.8) is 0 Å². The molecule has 6 heteroatoms. The summed E-state index contributed by atoms with van der Waals surface area (Å²) in [7, 11) is 0.397. The summed E-state index contributed by atoms with van der Waals surface area (Å²) in [6, 6.07) is 0. The Morgan fingerprint density at radius 1 is 1.60 bits per heavy atom. The number of aliphatic hydroxyl groups is 1. The molecule has 0 bridgehead atoms. The van der Waals surface area contributed by atoms with Gasteiger partial charge < -0.3 is 15.2 Å². The molecule has 15 heavy (non-hydrogen) atoms. The van der Waals surface area contributed by atoms with Crippen molar-refractivity contribution < 1.29 is 18.8 Å². The molecule has 0 heterocycles. The monoisotopic (exact) mass is 237 g/mol. The van der Waals surface area contributed by atoms with Gasteiger partial charge in [0.25, 0.3) is 0 Å². The van der Waals surface area contributed by atoms with Crippen molar-refractivity contribution in [2.24, 2.45) is 0 Å². The number of carbonyl (C=O) groups is 1. The quantitative estimate of drug-likeness (QED) is 0.451. The summed E-state index contributed by atoms with van der Waals surface area (Å²) in [4.78, 5) is 11.0. The number of hydrogen-bond donors (Lipinski definition) is 2. The molecule has 0 rings (SSSR count). The van der Waals surface area contributed by atoms with E-state index in [0.29, 0.717) is 18.1 Å². The molecular weight excluding hydrogens is 218 g/mol. The Kier molecular flexibility index (Phi) is 6.71. The highest BCUT2D eigenvalue weighted by molar-refractivity contribution is 7.84. The number of rotatable bonds is 7. The van der Waals surface area contributed by atoms with Crippen molar-refractivity contribution in [1.29, 1.82) is 0 Å². The minimum absolute atomic E-state index is 0.0978. The number of methoxy groups -OCH3 is 1. The van der Waals surface area contributed by atoms with E-state index in [1.54, 1.807) is 0 Å². The first-order valence-corrected chi connectivity index (χ1v) is 6.29. The van der Waals surface area contributed by atoms with Crippen molar-refractivity contribution in [2.45, 2.75) is 19.4 Å². The number of nitrogens with one attached hydrogen (secondary N) is 1. The summed E-state index contributed by atoms with van der Waals surface area (Å²) in [5.41, 5.74) is -1.53. The van der Waals surface area contributed by atoms with Crippen LogP contribution in [0.25, 0.3) is 0 Å². The lowest BCUT2D eigenvalue weighted by molar-refractivity contribution is -0.159. The van der Waals surface area contributed by atoms with Gasteiger partial charge in [0.2, 0.25) is 0 Å². The number of carbonyl (C=O) groups excluding carboxylic acids is 1. The van der Waals surface area contributed by atoms with Gasteiger partial charge in [-0.05, 0) is 6.92 Å². The van der Waals surface area contributed by atoms with Crippen molar-refractivity contribution in [2.75, 3.05) is 31.7 Å². The summed E-state index contributed by atoms with van der Waals surface area (Å²) in [5.74, 6) is 0.467. The molecule has 0 aliphatic carbocycles. The Balaban J connectivity index is 3.75. The first-order valence-electron chi connectivity index (χ1n) is 4.80. The largest absolute Gasteiger partial charge is 0.467 e. The molecule has 0 aliphatic rings. The van der Waals surface area contributed by atoms with Crippen LogP contribution in [0.15, 0.2) is 0 Å². The van der Waals surface area contributed by atoms with E-state index in [0.717, 1.165) is 0 Å². The average Bonchev–Trinajstić information content (AvgIpc) is 2.22. The molecule has 0 fully saturated rings. The molecule has 2 atom stereocenters. The minimum atomic E-state index is -1.53. The molecule has 0 spiro atoms. The van der Waals surface area contributed by atoms with Gasteiger partial charge in [-0.25, -0.2) is 4.79 Å². The van der Waals surface area contributed by atoms with Gasteiger partial charge in [0, 0.05) is 35.4 Å². The van der Waals surface area contributed by atoms with Crippen molar-refractivity contribution in [3.05, 3.63) is 0 Å². The van der Waals surface area contributed by atoms with E-state index in [4.69, 9.17) is 0 Å². The van der Waals surface area contributed by atoms with Crippen LogP contribution in [-0.2, 0) is 20.3 Å². The van der Waals surface area contributed by atoms with Crippen LogP contribution in [0.1, 0.15) is 13.8 Å². The third kappa shape index (κ3) is 5.86. The van der Waals surface area contributed by atoms with Crippen LogP contribution in [-0.4, -0.2) is 52.6 Å². The van der Waals surface area contributed by atoms with Gasteiger partial charge in [-0.2, -0.15) is 0 Å². The predicted octanol–water partition coefficient (Wildman–Crippen LogP) is -0.731. The molecule has 2 N–H and O–H groups in total. The summed E-state index contributed by atoms with van der Waals surface area (Å²) < 4.78 is 15.5. The summed E-state index contributed by atoms with van der Waals surface area (Å²) in [5, 5.41) is 12.5. The third-order valence-electron chi connectivity index (χ3n) is 1.92. The Bertz CT molecular complexity index is 230. The van der Waals surface area contributed by atoms with Crippen molar-refractivity contribution in [3.8, 4) is 0 Å². The van der Waals surface area contributed by atoms with Gasteiger partial charge in [-0.15, -0.1) is 0 Å². The van der Waals surface area contributed by atoms with Gasteiger partial charge in [0.05, 0.1) is 7.11 Å². The van der Waals surface area contributed by atoms with Crippen molar-refractivity contribution in [1.82, 2.24) is 5.32 Å². The molecule has 0 saturated heterocycles. The van der Waals surface area contributed by atoms with Gasteiger partial charge in [-0.1, -0.05) is 6.92 Å². The molecular formula is C9H19NO4S. The van der Waals surface area contributed by atoms with Crippen LogP contribution in [0.2, 0.25) is 0 Å². The number of esters is 1. The SMILES string of the molecule is CCS(=O)CCNCC(C)(O)C(=O)OC. The van der Waals surface area contributed by atoms with E-state index in [1.165, 1.54) is 14.0 Å². The lowest BCUT2D eigenvalue weighted by Crippen LogP contribution is -2.46. The van der Waals surface area contributed by atoms with E-state index in [2.05, 4.69) is 10.1 Å². The second kappa shape index (κ2) is 6.92.